The van der Waals surface area contributed by atoms with Crippen LogP contribution in [0.3, 0.4) is 0 Å². The lowest BCUT2D eigenvalue weighted by molar-refractivity contribution is -0.0294. The van der Waals surface area contributed by atoms with Crippen molar-refractivity contribution in [1.82, 2.24) is 34.6 Å². The Hall–Kier alpha value is -4.17. The summed E-state index contributed by atoms with van der Waals surface area (Å²) in [6.07, 6.45) is 1.86. The standard InChI is InChI=1S/C35H39F2N7O4.2ClH/c1-3-47-35-40-32(46-2)27(33(41-35)48-23-30(36)37)21-42-19-26-20-43(34(45)28-18-38-14-15-39-28)16-17-44(26)29(22-42)31(24-10-6-4-7-11-24)25-12-8-5-9-13-25;;/h4-15,18,26,29-31H,3,16-17,19-23H2,1-2H3;2*1H/t26-,29?;;/m1../s1. The van der Waals surface area contributed by atoms with Crippen molar-refractivity contribution in [3.63, 3.8) is 0 Å². The van der Waals surface area contributed by atoms with E-state index in [2.05, 4.69) is 78.3 Å². The van der Waals surface area contributed by atoms with E-state index in [1.807, 2.05) is 17.0 Å². The molecule has 11 nitrogen and oxygen atoms in total. The second kappa shape index (κ2) is 18.2. The summed E-state index contributed by atoms with van der Waals surface area (Å²) in [6, 6.07) is 20.8. The summed E-state index contributed by atoms with van der Waals surface area (Å²) in [5.74, 6) is 0.0362. The number of hydrogen-bond donors (Lipinski definition) is 0. The molecule has 0 bridgehead atoms. The first-order valence-corrected chi connectivity index (χ1v) is 16.1. The van der Waals surface area contributed by atoms with Gasteiger partial charge in [-0.15, -0.1) is 24.8 Å². The molecule has 0 N–H and O–H groups in total. The van der Waals surface area contributed by atoms with Crippen LogP contribution in [0.1, 0.15) is 40.0 Å². The third kappa shape index (κ3) is 8.94. The number of piperazine rings is 2. The molecule has 2 aromatic heterocycles. The number of halogens is 4. The van der Waals surface area contributed by atoms with Gasteiger partial charge < -0.3 is 19.1 Å². The quantitative estimate of drug-likeness (QED) is 0.198. The number of methoxy groups -OCH3 is 1. The third-order valence-corrected chi connectivity index (χ3v) is 8.75. The highest BCUT2D eigenvalue weighted by atomic mass is 35.5. The van der Waals surface area contributed by atoms with Gasteiger partial charge in [0.2, 0.25) is 11.8 Å². The molecule has 0 radical (unpaired) electrons. The van der Waals surface area contributed by atoms with Gasteiger partial charge in [-0.1, -0.05) is 60.7 Å². The number of rotatable bonds is 12. The van der Waals surface area contributed by atoms with Crippen LogP contribution in [-0.2, 0) is 6.54 Å². The van der Waals surface area contributed by atoms with Crippen LogP contribution < -0.4 is 14.2 Å². The predicted molar refractivity (Wildman–Crippen MR) is 188 cm³/mol. The second-order valence-electron chi connectivity index (χ2n) is 11.7. The minimum Gasteiger partial charge on any atom is -0.481 e. The fourth-order valence-corrected chi connectivity index (χ4v) is 6.76. The molecule has 2 aromatic carbocycles. The van der Waals surface area contributed by atoms with Gasteiger partial charge in [0.05, 0.1) is 25.5 Å². The van der Waals surface area contributed by atoms with Crippen LogP contribution in [0.4, 0.5) is 8.78 Å². The molecule has 4 aromatic rings. The van der Waals surface area contributed by atoms with Gasteiger partial charge in [0.15, 0.2) is 6.61 Å². The van der Waals surface area contributed by atoms with E-state index < -0.39 is 13.0 Å². The van der Waals surface area contributed by atoms with Crippen LogP contribution in [0.2, 0.25) is 0 Å². The highest BCUT2D eigenvalue weighted by Crippen LogP contribution is 2.37. The normalized spacial score (nSPS) is 17.8. The average molecular weight is 733 g/mol. The van der Waals surface area contributed by atoms with Crippen molar-refractivity contribution >= 4 is 30.7 Å². The van der Waals surface area contributed by atoms with E-state index in [0.29, 0.717) is 44.0 Å². The van der Waals surface area contributed by atoms with Crippen molar-refractivity contribution in [1.29, 1.82) is 0 Å². The van der Waals surface area contributed by atoms with E-state index in [-0.39, 0.29) is 79.6 Å². The predicted octanol–water partition coefficient (Wildman–Crippen LogP) is 5.00. The van der Waals surface area contributed by atoms with Crippen molar-refractivity contribution in [2.75, 3.05) is 53.0 Å². The minimum absolute atomic E-state index is 0. The van der Waals surface area contributed by atoms with Gasteiger partial charge in [-0.3, -0.25) is 19.6 Å². The molecule has 1 unspecified atom stereocenters. The number of benzene rings is 2. The Morgan fingerprint density at radius 3 is 2.18 bits per heavy atom. The molecule has 2 atom stereocenters. The second-order valence-corrected chi connectivity index (χ2v) is 11.7. The molecule has 2 aliphatic rings. The zero-order valence-corrected chi connectivity index (χ0v) is 29.4. The van der Waals surface area contributed by atoms with Crippen molar-refractivity contribution in [3.8, 4) is 17.8 Å². The largest absolute Gasteiger partial charge is 0.481 e. The van der Waals surface area contributed by atoms with Crippen LogP contribution in [0.15, 0.2) is 79.3 Å². The molecular weight excluding hydrogens is 691 g/mol. The molecule has 15 heteroatoms. The Bertz CT molecular complexity index is 1610. The van der Waals surface area contributed by atoms with Crippen LogP contribution >= 0.6 is 24.8 Å². The van der Waals surface area contributed by atoms with Crippen LogP contribution in [0, 0.1) is 0 Å². The van der Waals surface area contributed by atoms with Crippen molar-refractivity contribution in [3.05, 3.63) is 102 Å². The fraction of sp³-hybridized carbons (Fsp3) is 0.400. The Morgan fingerprint density at radius 1 is 0.900 bits per heavy atom. The molecule has 0 spiro atoms. The summed E-state index contributed by atoms with van der Waals surface area (Å²) in [4.78, 5) is 37.2. The van der Waals surface area contributed by atoms with E-state index in [9.17, 15) is 13.6 Å². The van der Waals surface area contributed by atoms with E-state index >= 15 is 0 Å². The Balaban J connectivity index is 0.00000281. The van der Waals surface area contributed by atoms with Gasteiger partial charge >= 0.3 is 6.01 Å². The molecule has 0 saturated carbocycles. The molecule has 0 aliphatic carbocycles. The number of fused-ring (bicyclic) bond motifs is 1. The first-order chi connectivity index (χ1) is 23.4. The van der Waals surface area contributed by atoms with Gasteiger partial charge in [-0.25, -0.2) is 13.8 Å². The number of ether oxygens (including phenoxy) is 3. The SMILES string of the molecule is CCOc1nc(OC)c(CN2CC(C(c3ccccc3)c3ccccc3)N3CCN(C(=O)c4cnccn4)C[C@H]3C2)c(OCC(F)F)n1.Cl.Cl. The molecule has 1 amide bonds. The number of hydrogen-bond acceptors (Lipinski definition) is 10. The molecule has 50 heavy (non-hydrogen) atoms. The summed E-state index contributed by atoms with van der Waals surface area (Å²) in [5.41, 5.74) is 3.11. The number of carbonyl (C=O) groups excluding carboxylic acids is 1. The zero-order valence-electron chi connectivity index (χ0n) is 27.8. The van der Waals surface area contributed by atoms with Crippen LogP contribution in [0.5, 0.6) is 17.8 Å². The smallest absolute Gasteiger partial charge is 0.323 e. The van der Waals surface area contributed by atoms with Crippen LogP contribution in [0.25, 0.3) is 0 Å². The third-order valence-electron chi connectivity index (χ3n) is 8.75. The van der Waals surface area contributed by atoms with Gasteiger partial charge in [-0.05, 0) is 18.1 Å². The molecule has 2 saturated heterocycles. The topological polar surface area (TPSA) is 106 Å². The summed E-state index contributed by atoms with van der Waals surface area (Å²) < 4.78 is 43.3. The van der Waals surface area contributed by atoms with E-state index in [1.54, 1.807) is 13.1 Å². The van der Waals surface area contributed by atoms with Gasteiger partial charge in [0.25, 0.3) is 12.3 Å². The van der Waals surface area contributed by atoms with E-state index in [1.165, 1.54) is 30.6 Å². The number of nitrogens with zero attached hydrogens (tertiary/aromatic N) is 7. The van der Waals surface area contributed by atoms with E-state index in [4.69, 9.17) is 14.2 Å². The minimum atomic E-state index is -2.69. The zero-order chi connectivity index (χ0) is 33.5. The molecule has 268 valence electrons. The Labute approximate surface area is 302 Å². The molecular formula is C35H41Cl2F2N7O4. The maximum atomic E-state index is 13.5. The monoisotopic (exact) mass is 731 g/mol. The van der Waals surface area contributed by atoms with Crippen LogP contribution in [-0.4, -0.2) is 112 Å². The summed E-state index contributed by atoms with van der Waals surface area (Å²) >= 11 is 0. The summed E-state index contributed by atoms with van der Waals surface area (Å²) in [7, 11) is 1.47. The fourth-order valence-electron chi connectivity index (χ4n) is 6.76. The Kier molecular flexibility index (Phi) is 14.0. The molecule has 4 heterocycles. The lowest BCUT2D eigenvalue weighted by atomic mass is 9.81. The number of alkyl halides is 2. The highest BCUT2D eigenvalue weighted by Gasteiger charge is 2.43. The first-order valence-electron chi connectivity index (χ1n) is 16.1. The van der Waals surface area contributed by atoms with Crippen molar-refractivity contribution in [2.24, 2.45) is 0 Å². The average Bonchev–Trinajstić information content (AvgIpc) is 3.12. The number of aromatic nitrogens is 4. The maximum Gasteiger partial charge on any atom is 0.323 e. The number of carbonyl (C=O) groups is 1. The molecule has 2 fully saturated rings. The summed E-state index contributed by atoms with van der Waals surface area (Å²) in [6.45, 7) is 4.41. The van der Waals surface area contributed by atoms with Crippen molar-refractivity contribution < 1.29 is 27.8 Å². The Morgan fingerprint density at radius 2 is 1.58 bits per heavy atom. The first kappa shape index (κ1) is 38.6. The maximum absolute atomic E-state index is 13.5. The van der Waals surface area contributed by atoms with E-state index in [0.717, 1.165) is 0 Å². The lowest BCUT2D eigenvalue weighted by Gasteiger charge is -2.53. The molecule has 6 rings (SSSR count). The number of amides is 1. The summed E-state index contributed by atoms with van der Waals surface area (Å²) in [5, 5.41) is 0. The lowest BCUT2D eigenvalue weighted by Crippen LogP contribution is -2.67. The molecule has 2 aliphatic heterocycles. The van der Waals surface area contributed by atoms with Gasteiger partial charge in [0, 0.05) is 69.7 Å². The van der Waals surface area contributed by atoms with Gasteiger partial charge in [-0.2, -0.15) is 9.97 Å². The van der Waals surface area contributed by atoms with Gasteiger partial charge in [0.1, 0.15) is 5.69 Å². The highest BCUT2D eigenvalue weighted by molar-refractivity contribution is 5.92. The van der Waals surface area contributed by atoms with Crippen molar-refractivity contribution in [2.45, 2.75) is 37.9 Å².